The Morgan fingerprint density at radius 1 is 1.42 bits per heavy atom. The Kier molecular flexibility index (Phi) is 5.04. The number of aromatic nitrogens is 2. The predicted octanol–water partition coefficient (Wildman–Crippen LogP) is 2.35. The van der Waals surface area contributed by atoms with Crippen molar-refractivity contribution in [1.29, 1.82) is 0 Å². The van der Waals surface area contributed by atoms with Crippen molar-refractivity contribution in [3.05, 3.63) is 5.69 Å². The maximum absolute atomic E-state index is 11.9. The van der Waals surface area contributed by atoms with E-state index in [2.05, 4.69) is 15.2 Å². The highest BCUT2D eigenvalue weighted by Gasteiger charge is 2.27. The molecule has 0 aliphatic carbocycles. The Balaban J connectivity index is 2.49. The summed E-state index contributed by atoms with van der Waals surface area (Å²) in [4.78, 5) is 0. The van der Waals surface area contributed by atoms with Gasteiger partial charge in [0.2, 0.25) is 0 Å². The number of hydrogen-bond donors (Lipinski definition) is 2. The van der Waals surface area contributed by atoms with E-state index in [4.69, 9.17) is 5.73 Å². The van der Waals surface area contributed by atoms with Crippen LogP contribution in [-0.2, 0) is 4.74 Å². The van der Waals surface area contributed by atoms with Crippen LogP contribution in [0.4, 0.5) is 24.7 Å². The molecule has 0 unspecified atom stereocenters. The molecule has 0 aromatic carbocycles. The molecule has 0 spiro atoms. The van der Waals surface area contributed by atoms with Gasteiger partial charge in [0.1, 0.15) is 12.4 Å². The van der Waals surface area contributed by atoms with Crippen molar-refractivity contribution in [2.45, 2.75) is 33.0 Å². The fraction of sp³-hybridized carbons (Fsp3) is 0.727. The molecule has 19 heavy (non-hydrogen) atoms. The molecule has 0 saturated carbocycles. The summed E-state index contributed by atoms with van der Waals surface area (Å²) in [6.07, 6.45) is -4.30. The first-order chi connectivity index (χ1) is 8.72. The highest BCUT2D eigenvalue weighted by molar-refractivity contribution is 5.64. The summed E-state index contributed by atoms with van der Waals surface area (Å²) in [6, 6.07) is 0.106. The van der Waals surface area contributed by atoms with E-state index in [1.54, 1.807) is 11.6 Å². The van der Waals surface area contributed by atoms with Gasteiger partial charge >= 0.3 is 6.18 Å². The number of anilines is 2. The number of aryl methyl sites for hydroxylation is 1. The van der Waals surface area contributed by atoms with Crippen molar-refractivity contribution in [2.75, 3.05) is 30.8 Å². The maximum Gasteiger partial charge on any atom is 0.411 e. The molecule has 1 aromatic rings. The summed E-state index contributed by atoms with van der Waals surface area (Å²) >= 11 is 0. The second kappa shape index (κ2) is 6.14. The number of rotatable bonds is 6. The summed E-state index contributed by atoms with van der Waals surface area (Å²) < 4.78 is 41.8. The Morgan fingerprint density at radius 3 is 2.58 bits per heavy atom. The normalized spacial score (nSPS) is 12.2. The van der Waals surface area contributed by atoms with Crippen LogP contribution < -0.4 is 11.1 Å². The first kappa shape index (κ1) is 15.6. The summed E-state index contributed by atoms with van der Waals surface area (Å²) in [5.74, 6) is 0.614. The van der Waals surface area contributed by atoms with Crippen LogP contribution >= 0.6 is 0 Å². The topological polar surface area (TPSA) is 65.1 Å². The van der Waals surface area contributed by atoms with Gasteiger partial charge in [-0.25, -0.2) is 4.68 Å². The van der Waals surface area contributed by atoms with Crippen molar-refractivity contribution < 1.29 is 17.9 Å². The highest BCUT2D eigenvalue weighted by atomic mass is 19.4. The number of nitrogens with two attached hydrogens (primary N) is 1. The lowest BCUT2D eigenvalue weighted by Crippen LogP contribution is -2.21. The average molecular weight is 280 g/mol. The summed E-state index contributed by atoms with van der Waals surface area (Å²) in [5.41, 5.74) is 7.05. The van der Waals surface area contributed by atoms with Crippen molar-refractivity contribution in [2.24, 2.45) is 0 Å². The van der Waals surface area contributed by atoms with Gasteiger partial charge in [-0.3, -0.25) is 0 Å². The molecular formula is C11H19F3N4O. The molecule has 3 N–H and O–H groups in total. The van der Waals surface area contributed by atoms with Crippen molar-refractivity contribution >= 4 is 11.5 Å². The molecule has 5 nitrogen and oxygen atoms in total. The number of ether oxygens (including phenoxy) is 1. The molecular weight excluding hydrogens is 261 g/mol. The van der Waals surface area contributed by atoms with Gasteiger partial charge in [0.25, 0.3) is 0 Å². The lowest BCUT2D eigenvalue weighted by atomic mass is 10.3. The van der Waals surface area contributed by atoms with Crippen molar-refractivity contribution in [3.8, 4) is 0 Å². The molecule has 1 rings (SSSR count). The fourth-order valence-electron chi connectivity index (χ4n) is 1.54. The van der Waals surface area contributed by atoms with Gasteiger partial charge in [-0.05, 0) is 20.8 Å². The van der Waals surface area contributed by atoms with Crippen LogP contribution in [0.5, 0.6) is 0 Å². The van der Waals surface area contributed by atoms with E-state index in [-0.39, 0.29) is 19.2 Å². The van der Waals surface area contributed by atoms with Crippen molar-refractivity contribution in [1.82, 2.24) is 9.78 Å². The van der Waals surface area contributed by atoms with E-state index in [1.807, 2.05) is 13.8 Å². The highest BCUT2D eigenvalue weighted by Crippen LogP contribution is 2.25. The van der Waals surface area contributed by atoms with Gasteiger partial charge in [-0.2, -0.15) is 18.3 Å². The van der Waals surface area contributed by atoms with E-state index in [1.165, 1.54) is 0 Å². The largest absolute Gasteiger partial charge is 0.411 e. The van der Waals surface area contributed by atoms with Crippen LogP contribution in [0, 0.1) is 6.92 Å². The minimum Gasteiger partial charge on any atom is -0.394 e. The number of alkyl halides is 3. The molecule has 0 amide bonds. The van der Waals surface area contributed by atoms with Gasteiger partial charge in [-0.15, -0.1) is 0 Å². The van der Waals surface area contributed by atoms with Gasteiger partial charge < -0.3 is 15.8 Å². The second-order valence-electron chi connectivity index (χ2n) is 4.48. The third-order valence-electron chi connectivity index (χ3n) is 2.43. The summed E-state index contributed by atoms with van der Waals surface area (Å²) in [6.45, 7) is 4.60. The first-order valence-electron chi connectivity index (χ1n) is 5.95. The molecule has 0 bridgehead atoms. The van der Waals surface area contributed by atoms with E-state index < -0.39 is 12.8 Å². The number of halogens is 3. The quantitative estimate of drug-likeness (QED) is 0.785. The number of hydrogen-bond acceptors (Lipinski definition) is 4. The Labute approximate surface area is 109 Å². The Bertz CT molecular complexity index is 415. The van der Waals surface area contributed by atoms with Crippen LogP contribution in [0.3, 0.4) is 0 Å². The fourth-order valence-corrected chi connectivity index (χ4v) is 1.54. The van der Waals surface area contributed by atoms with Gasteiger partial charge in [0, 0.05) is 12.6 Å². The van der Waals surface area contributed by atoms with Gasteiger partial charge in [0.15, 0.2) is 0 Å². The minimum atomic E-state index is -4.30. The third-order valence-corrected chi connectivity index (χ3v) is 2.43. The zero-order chi connectivity index (χ0) is 14.6. The SMILES string of the molecule is Cc1nn(C(C)C)c(NCCOCC(F)(F)F)c1N. The molecule has 8 heteroatoms. The molecule has 110 valence electrons. The van der Waals surface area contributed by atoms with Gasteiger partial charge in [0.05, 0.1) is 18.0 Å². The minimum absolute atomic E-state index is 0.0543. The second-order valence-corrected chi connectivity index (χ2v) is 4.48. The Hall–Kier alpha value is -1.44. The Morgan fingerprint density at radius 2 is 2.05 bits per heavy atom. The number of nitrogen functional groups attached to an aromatic ring is 1. The molecule has 0 aliphatic rings. The van der Waals surface area contributed by atoms with Crippen LogP contribution in [-0.4, -0.2) is 35.7 Å². The molecule has 0 saturated heterocycles. The molecule has 0 fully saturated rings. The summed E-state index contributed by atoms with van der Waals surface area (Å²) in [5, 5.41) is 7.21. The van der Waals surface area contributed by atoms with Crippen LogP contribution in [0.2, 0.25) is 0 Å². The van der Waals surface area contributed by atoms with E-state index >= 15 is 0 Å². The number of nitrogens with one attached hydrogen (secondary N) is 1. The monoisotopic (exact) mass is 280 g/mol. The number of nitrogens with zero attached hydrogens (tertiary/aromatic N) is 2. The lowest BCUT2D eigenvalue weighted by Gasteiger charge is -2.13. The lowest BCUT2D eigenvalue weighted by molar-refractivity contribution is -0.172. The first-order valence-corrected chi connectivity index (χ1v) is 5.95. The standard InChI is InChI=1S/C11H19F3N4O/c1-7(2)18-10(9(15)8(3)17-18)16-4-5-19-6-11(12,13)14/h7,16H,4-6,15H2,1-3H3. The third kappa shape index (κ3) is 4.62. The average Bonchev–Trinajstić information content (AvgIpc) is 2.55. The van der Waals surface area contributed by atoms with Gasteiger partial charge in [-0.1, -0.05) is 0 Å². The van der Waals surface area contributed by atoms with Crippen molar-refractivity contribution in [3.63, 3.8) is 0 Å². The zero-order valence-corrected chi connectivity index (χ0v) is 11.2. The molecule has 0 atom stereocenters. The van der Waals surface area contributed by atoms with E-state index in [0.29, 0.717) is 17.2 Å². The van der Waals surface area contributed by atoms with Crippen LogP contribution in [0.15, 0.2) is 0 Å². The zero-order valence-electron chi connectivity index (χ0n) is 11.2. The van der Waals surface area contributed by atoms with E-state index in [0.717, 1.165) is 0 Å². The van der Waals surface area contributed by atoms with E-state index in [9.17, 15) is 13.2 Å². The molecule has 1 heterocycles. The molecule has 0 aliphatic heterocycles. The molecule has 1 aromatic heterocycles. The maximum atomic E-state index is 11.9. The van der Waals surface area contributed by atoms with Crippen LogP contribution in [0.1, 0.15) is 25.6 Å². The molecule has 0 radical (unpaired) electrons. The van der Waals surface area contributed by atoms with Crippen LogP contribution in [0.25, 0.3) is 0 Å². The smallest absolute Gasteiger partial charge is 0.394 e. The summed E-state index contributed by atoms with van der Waals surface area (Å²) in [7, 11) is 0. The predicted molar refractivity (Wildman–Crippen MR) is 67.1 cm³/mol.